The first kappa shape index (κ1) is 25.3. The maximum atomic E-state index is 11.2. The molecule has 3 aromatic carbocycles. The first-order chi connectivity index (χ1) is 19.6. The number of rotatable bonds is 7. The molecule has 0 spiro atoms. The Morgan fingerprint density at radius 1 is 0.850 bits per heavy atom. The number of thiophene rings is 1. The van der Waals surface area contributed by atoms with Gasteiger partial charge in [-0.25, -0.2) is 4.79 Å². The summed E-state index contributed by atoms with van der Waals surface area (Å²) in [4.78, 5) is 15.2. The molecular weight excluding hydrogens is 537 g/mol. The number of carbonyl (C=O) groups is 1. The molecule has 0 aliphatic carbocycles. The minimum Gasteiger partial charge on any atom is -0.477 e. The Kier molecular flexibility index (Phi) is 6.98. The van der Waals surface area contributed by atoms with Crippen LogP contribution in [0.15, 0.2) is 127 Å². The van der Waals surface area contributed by atoms with Crippen LogP contribution in [0.4, 0.5) is 17.1 Å². The number of nitrogens with one attached hydrogen (secondary N) is 1. The molecule has 2 aliphatic heterocycles. The predicted molar refractivity (Wildman–Crippen MR) is 163 cm³/mol. The summed E-state index contributed by atoms with van der Waals surface area (Å²) >= 11 is 2.95. The van der Waals surface area contributed by atoms with Crippen molar-refractivity contribution in [2.75, 3.05) is 4.90 Å². The van der Waals surface area contributed by atoms with Gasteiger partial charge >= 0.3 is 5.97 Å². The van der Waals surface area contributed by atoms with Gasteiger partial charge in [0.15, 0.2) is 0 Å². The van der Waals surface area contributed by atoms with Crippen LogP contribution in [0.3, 0.4) is 0 Å². The summed E-state index contributed by atoms with van der Waals surface area (Å²) in [6.07, 6.45) is 7.56. The minimum absolute atomic E-state index is 0.284. The van der Waals surface area contributed by atoms with Crippen molar-refractivity contribution in [1.29, 1.82) is 5.26 Å². The van der Waals surface area contributed by atoms with Gasteiger partial charge in [0, 0.05) is 38.6 Å². The van der Waals surface area contributed by atoms with Crippen LogP contribution in [0.5, 0.6) is 0 Å². The number of nitrogens with zero attached hydrogens (tertiary/aromatic N) is 3. The van der Waals surface area contributed by atoms with Crippen LogP contribution in [-0.2, 0) is 4.79 Å². The number of hydrogen-bond donors (Lipinski definition) is 2. The molecule has 0 bridgehead atoms. The molecule has 8 heteroatoms. The highest BCUT2D eigenvalue weighted by molar-refractivity contribution is 7.95. The van der Waals surface area contributed by atoms with Gasteiger partial charge in [0.2, 0.25) is 0 Å². The smallest absolute Gasteiger partial charge is 0.346 e. The molecule has 4 aromatic rings. The number of carboxylic acid groups (broad SMARTS) is 1. The molecule has 0 saturated carbocycles. The van der Waals surface area contributed by atoms with Crippen molar-refractivity contribution in [3.8, 4) is 6.07 Å². The Morgan fingerprint density at radius 2 is 1.50 bits per heavy atom. The van der Waals surface area contributed by atoms with Crippen molar-refractivity contribution in [1.82, 2.24) is 9.03 Å². The molecule has 1 aromatic heterocycles. The van der Waals surface area contributed by atoms with Gasteiger partial charge < -0.3 is 14.7 Å². The van der Waals surface area contributed by atoms with E-state index in [9.17, 15) is 9.90 Å². The number of aliphatic carboxylic acids is 1. The van der Waals surface area contributed by atoms with Gasteiger partial charge in [-0.05, 0) is 72.3 Å². The summed E-state index contributed by atoms with van der Waals surface area (Å²) in [7, 11) is 0. The Hall–Kier alpha value is -4.97. The third-order valence-electron chi connectivity index (χ3n) is 6.44. The average molecular weight is 559 g/mol. The molecule has 2 N–H and O–H groups in total. The molecule has 2 aliphatic rings. The van der Waals surface area contributed by atoms with Crippen LogP contribution in [0.2, 0.25) is 0 Å². The maximum absolute atomic E-state index is 11.2. The van der Waals surface area contributed by atoms with E-state index in [4.69, 9.17) is 5.26 Å². The number of allylic oxidation sites excluding steroid dienone is 3. The molecule has 0 fully saturated rings. The molecular formula is C32H22N4O2S2. The Bertz CT molecular complexity index is 1690. The third kappa shape index (κ3) is 4.92. The Balaban J connectivity index is 1.32. The quantitative estimate of drug-likeness (QED) is 0.135. The number of benzene rings is 3. The van der Waals surface area contributed by atoms with Gasteiger partial charge in [-0.2, -0.15) is 5.26 Å². The molecule has 6 nitrogen and oxygen atoms in total. The summed E-state index contributed by atoms with van der Waals surface area (Å²) in [5.41, 5.74) is 7.13. The molecule has 3 heterocycles. The topological polar surface area (TPSA) is 79.6 Å². The zero-order chi connectivity index (χ0) is 27.5. The molecule has 0 atom stereocenters. The van der Waals surface area contributed by atoms with Crippen LogP contribution in [0.25, 0.3) is 17.3 Å². The summed E-state index contributed by atoms with van der Waals surface area (Å²) < 4.78 is 5.42. The van der Waals surface area contributed by atoms with E-state index in [1.54, 1.807) is 6.07 Å². The van der Waals surface area contributed by atoms with Crippen molar-refractivity contribution < 1.29 is 9.90 Å². The third-order valence-corrected chi connectivity index (χ3v) is 8.31. The SMILES string of the molecule is N#CC(=Cc1ccc(C2=CC=C(c3ccc(N(c4ccccc4)c4ccccc4)cc3)N3SNC=C23)s1)C(=O)O. The number of hydrogen-bond acceptors (Lipinski definition) is 7. The molecule has 194 valence electrons. The monoisotopic (exact) mass is 558 g/mol. The van der Waals surface area contributed by atoms with E-state index in [0.717, 1.165) is 44.5 Å². The Labute approximate surface area is 240 Å². The normalized spacial score (nSPS) is 14.3. The number of carboxylic acids is 1. The van der Waals surface area contributed by atoms with Crippen LogP contribution in [0, 0.1) is 11.3 Å². The molecule has 40 heavy (non-hydrogen) atoms. The van der Waals surface area contributed by atoms with Crippen LogP contribution in [0.1, 0.15) is 15.3 Å². The first-order valence-electron chi connectivity index (χ1n) is 12.4. The van der Waals surface area contributed by atoms with E-state index in [0.29, 0.717) is 4.88 Å². The van der Waals surface area contributed by atoms with E-state index >= 15 is 0 Å². The summed E-state index contributed by atoms with van der Waals surface area (Å²) in [5, 5.41) is 18.3. The van der Waals surface area contributed by atoms with Crippen molar-refractivity contribution in [2.45, 2.75) is 0 Å². The lowest BCUT2D eigenvalue weighted by molar-refractivity contribution is -0.132. The molecule has 0 saturated heterocycles. The fourth-order valence-corrected chi connectivity index (χ4v) is 6.36. The highest BCUT2D eigenvalue weighted by Crippen LogP contribution is 2.45. The van der Waals surface area contributed by atoms with Crippen LogP contribution in [-0.4, -0.2) is 15.4 Å². The number of fused-ring (bicyclic) bond motifs is 1. The first-order valence-corrected chi connectivity index (χ1v) is 14.0. The number of anilines is 3. The number of nitriles is 1. The lowest BCUT2D eigenvalue weighted by Gasteiger charge is -2.28. The van der Waals surface area contributed by atoms with E-state index in [-0.39, 0.29) is 5.57 Å². The van der Waals surface area contributed by atoms with Gasteiger partial charge in [0.25, 0.3) is 0 Å². The van der Waals surface area contributed by atoms with Gasteiger partial charge in [-0.3, -0.25) is 4.31 Å². The highest BCUT2D eigenvalue weighted by atomic mass is 32.2. The maximum Gasteiger partial charge on any atom is 0.346 e. The fourth-order valence-electron chi connectivity index (χ4n) is 4.59. The lowest BCUT2D eigenvalue weighted by Crippen LogP contribution is -2.15. The van der Waals surface area contributed by atoms with Gasteiger partial charge in [-0.15, -0.1) is 11.3 Å². The van der Waals surface area contributed by atoms with Gasteiger partial charge in [-0.1, -0.05) is 48.5 Å². The highest BCUT2D eigenvalue weighted by Gasteiger charge is 2.28. The van der Waals surface area contributed by atoms with Crippen molar-refractivity contribution in [2.24, 2.45) is 0 Å². The van der Waals surface area contributed by atoms with Crippen LogP contribution < -0.4 is 9.62 Å². The molecule has 0 radical (unpaired) electrons. The zero-order valence-corrected chi connectivity index (χ0v) is 22.7. The largest absolute Gasteiger partial charge is 0.477 e. The molecule has 0 unspecified atom stereocenters. The van der Waals surface area contributed by atoms with E-state index in [2.05, 4.69) is 74.6 Å². The second-order valence-corrected chi connectivity index (χ2v) is 10.8. The fraction of sp³-hybridized carbons (Fsp3) is 0. The average Bonchev–Trinajstić information content (AvgIpc) is 3.67. The van der Waals surface area contributed by atoms with Gasteiger partial charge in [0.05, 0.1) is 23.5 Å². The van der Waals surface area contributed by atoms with Crippen molar-refractivity contribution in [3.63, 3.8) is 0 Å². The van der Waals surface area contributed by atoms with Crippen molar-refractivity contribution in [3.05, 3.63) is 142 Å². The predicted octanol–water partition coefficient (Wildman–Crippen LogP) is 7.96. The second kappa shape index (κ2) is 11.0. The molecule has 6 rings (SSSR count). The van der Waals surface area contributed by atoms with Gasteiger partial charge in [0.1, 0.15) is 11.6 Å². The lowest BCUT2D eigenvalue weighted by atomic mass is 10.0. The standard InChI is InChI=1S/C32H22N4O2S2/c33-20-23(32(37)38)19-27-15-18-31(39-27)28-16-17-29(36-30(28)21-34-40-36)22-11-13-26(14-12-22)35(24-7-3-1-4-8-24)25-9-5-2-6-10-25/h1-19,21,34H,(H,37,38). The summed E-state index contributed by atoms with van der Waals surface area (Å²) in [6, 6.07) is 34.7. The minimum atomic E-state index is -1.23. The van der Waals surface area contributed by atoms with Crippen molar-refractivity contribution >= 4 is 63.8 Å². The second-order valence-electron chi connectivity index (χ2n) is 8.90. The Morgan fingerprint density at radius 3 is 2.12 bits per heavy atom. The number of para-hydroxylation sites is 2. The van der Waals surface area contributed by atoms with Crippen LogP contribution >= 0.6 is 23.5 Å². The van der Waals surface area contributed by atoms with E-state index in [1.165, 1.54) is 29.5 Å². The summed E-state index contributed by atoms with van der Waals surface area (Å²) in [5.74, 6) is -1.23. The zero-order valence-electron chi connectivity index (χ0n) is 21.1. The van der Waals surface area contributed by atoms with E-state index in [1.807, 2.05) is 54.7 Å². The molecule has 0 amide bonds. The summed E-state index contributed by atoms with van der Waals surface area (Å²) in [6.45, 7) is 0. The van der Waals surface area contributed by atoms with E-state index < -0.39 is 5.97 Å².